The van der Waals surface area contributed by atoms with Crippen molar-refractivity contribution in [3.05, 3.63) is 80.7 Å². The second-order valence-electron chi connectivity index (χ2n) is 5.87. The molecule has 0 aliphatic carbocycles. The molecule has 4 heteroatoms. The van der Waals surface area contributed by atoms with Crippen LogP contribution >= 0.6 is 22.6 Å². The molecule has 0 fully saturated rings. The molecule has 3 aromatic rings. The zero-order valence-electron chi connectivity index (χ0n) is 14.0. The van der Waals surface area contributed by atoms with Crippen molar-refractivity contribution in [3.63, 3.8) is 0 Å². The summed E-state index contributed by atoms with van der Waals surface area (Å²) in [5.74, 6) is 0. The molecule has 1 N–H and O–H groups in total. The van der Waals surface area contributed by atoms with E-state index in [0.717, 1.165) is 11.3 Å². The number of nitrogens with zero attached hydrogens (tertiary/aromatic N) is 2. The van der Waals surface area contributed by atoms with Crippen LogP contribution in [0.5, 0.6) is 0 Å². The van der Waals surface area contributed by atoms with Crippen molar-refractivity contribution < 1.29 is 0 Å². The number of aromatic nitrogens is 1. The summed E-state index contributed by atoms with van der Waals surface area (Å²) in [6, 6.07) is 18.9. The number of hydrogen-bond donors (Lipinski definition) is 1. The van der Waals surface area contributed by atoms with Crippen LogP contribution in [0.3, 0.4) is 0 Å². The van der Waals surface area contributed by atoms with Crippen molar-refractivity contribution >= 4 is 34.5 Å². The summed E-state index contributed by atoms with van der Waals surface area (Å²) in [4.78, 5) is 0. The zero-order chi connectivity index (χ0) is 17.1. The highest BCUT2D eigenvalue weighted by Gasteiger charge is 2.09. The van der Waals surface area contributed by atoms with Crippen LogP contribution in [0.4, 0.5) is 5.69 Å². The maximum absolute atomic E-state index is 4.37. The van der Waals surface area contributed by atoms with Crippen molar-refractivity contribution in [2.24, 2.45) is 5.10 Å². The van der Waals surface area contributed by atoms with E-state index in [-0.39, 0.29) is 0 Å². The molecule has 0 saturated carbocycles. The molecule has 0 aliphatic rings. The lowest BCUT2D eigenvalue weighted by molar-refractivity contribution is 0.964. The lowest BCUT2D eigenvalue weighted by Gasteiger charge is -2.09. The molecule has 0 unspecified atom stereocenters. The average Bonchev–Trinajstić information content (AvgIpc) is 2.85. The first-order valence-electron chi connectivity index (χ1n) is 7.85. The Bertz CT molecular complexity index is 859. The molecule has 0 bridgehead atoms. The van der Waals surface area contributed by atoms with E-state index in [4.69, 9.17) is 0 Å². The molecule has 1 heterocycles. The van der Waals surface area contributed by atoms with Crippen LogP contribution in [0.2, 0.25) is 0 Å². The number of anilines is 1. The van der Waals surface area contributed by atoms with E-state index < -0.39 is 0 Å². The Labute approximate surface area is 156 Å². The van der Waals surface area contributed by atoms with E-state index in [9.17, 15) is 0 Å². The quantitative estimate of drug-likeness (QED) is 0.334. The van der Waals surface area contributed by atoms with Gasteiger partial charge in [-0.25, -0.2) is 0 Å². The maximum Gasteiger partial charge on any atom is 0.0562 e. The van der Waals surface area contributed by atoms with Gasteiger partial charge in [0.2, 0.25) is 0 Å². The van der Waals surface area contributed by atoms with Crippen LogP contribution in [-0.4, -0.2) is 10.8 Å². The SMILES string of the molecule is Cc1ccc(-n2c(C)cc(/C=N/Nc3ccc(I)cc3)c2C)cc1. The highest BCUT2D eigenvalue weighted by molar-refractivity contribution is 14.1. The van der Waals surface area contributed by atoms with Crippen molar-refractivity contribution in [1.29, 1.82) is 0 Å². The van der Waals surface area contributed by atoms with Crippen LogP contribution in [0.1, 0.15) is 22.5 Å². The molecule has 0 aliphatic heterocycles. The minimum Gasteiger partial charge on any atom is -0.318 e. The third-order valence-electron chi connectivity index (χ3n) is 4.00. The van der Waals surface area contributed by atoms with Crippen LogP contribution < -0.4 is 5.43 Å². The molecule has 0 amide bonds. The molecule has 24 heavy (non-hydrogen) atoms. The first kappa shape index (κ1) is 16.8. The third-order valence-corrected chi connectivity index (χ3v) is 4.72. The Balaban J connectivity index is 1.82. The topological polar surface area (TPSA) is 29.3 Å². The normalized spacial score (nSPS) is 11.2. The largest absolute Gasteiger partial charge is 0.318 e. The maximum atomic E-state index is 4.37. The van der Waals surface area contributed by atoms with Gasteiger partial charge in [0.15, 0.2) is 0 Å². The minimum atomic E-state index is 0.985. The van der Waals surface area contributed by atoms with E-state index in [1.807, 2.05) is 18.3 Å². The highest BCUT2D eigenvalue weighted by atomic mass is 127. The third kappa shape index (κ3) is 3.70. The lowest BCUT2D eigenvalue weighted by atomic mass is 10.2. The first-order valence-corrected chi connectivity index (χ1v) is 8.93. The van der Waals surface area contributed by atoms with E-state index in [2.05, 4.69) is 101 Å². The number of rotatable bonds is 4. The van der Waals surface area contributed by atoms with Crippen LogP contribution in [-0.2, 0) is 0 Å². The van der Waals surface area contributed by atoms with Crippen molar-refractivity contribution in [1.82, 2.24) is 4.57 Å². The summed E-state index contributed by atoms with van der Waals surface area (Å²) >= 11 is 2.29. The van der Waals surface area contributed by atoms with E-state index in [1.165, 1.54) is 26.2 Å². The van der Waals surface area contributed by atoms with E-state index in [1.54, 1.807) is 0 Å². The average molecular weight is 429 g/mol. The fraction of sp³-hybridized carbons (Fsp3) is 0.150. The van der Waals surface area contributed by atoms with E-state index >= 15 is 0 Å². The molecule has 3 rings (SSSR count). The molecule has 122 valence electrons. The first-order chi connectivity index (χ1) is 11.5. The van der Waals surface area contributed by atoms with Gasteiger partial charge in [0.05, 0.1) is 11.9 Å². The molecule has 0 atom stereocenters. The molecule has 2 aromatic carbocycles. The van der Waals surface area contributed by atoms with Gasteiger partial charge in [-0.3, -0.25) is 5.43 Å². The van der Waals surface area contributed by atoms with Crippen LogP contribution in [0.15, 0.2) is 59.7 Å². The second-order valence-corrected chi connectivity index (χ2v) is 7.12. The summed E-state index contributed by atoms with van der Waals surface area (Å²) < 4.78 is 3.47. The molecule has 0 spiro atoms. The summed E-state index contributed by atoms with van der Waals surface area (Å²) in [5, 5.41) is 4.37. The van der Waals surface area contributed by atoms with Gasteiger partial charge < -0.3 is 4.57 Å². The summed E-state index contributed by atoms with van der Waals surface area (Å²) in [5.41, 5.74) is 10.0. The summed E-state index contributed by atoms with van der Waals surface area (Å²) in [7, 11) is 0. The summed E-state index contributed by atoms with van der Waals surface area (Å²) in [6.07, 6.45) is 1.88. The minimum absolute atomic E-state index is 0.985. The summed E-state index contributed by atoms with van der Waals surface area (Å²) in [6.45, 7) is 6.35. The molecule has 3 nitrogen and oxygen atoms in total. The highest BCUT2D eigenvalue weighted by Crippen LogP contribution is 2.20. The van der Waals surface area contributed by atoms with Gasteiger partial charge in [-0.2, -0.15) is 5.10 Å². The van der Waals surface area contributed by atoms with Gasteiger partial charge in [-0.05, 0) is 85.8 Å². The smallest absolute Gasteiger partial charge is 0.0562 e. The Morgan fingerprint density at radius 2 is 1.62 bits per heavy atom. The van der Waals surface area contributed by atoms with Crippen molar-refractivity contribution in [3.8, 4) is 5.69 Å². The van der Waals surface area contributed by atoms with E-state index in [0.29, 0.717) is 0 Å². The molecule has 1 aromatic heterocycles. The number of nitrogens with one attached hydrogen (secondary N) is 1. The monoisotopic (exact) mass is 429 g/mol. The van der Waals surface area contributed by atoms with Gasteiger partial charge in [0.1, 0.15) is 0 Å². The fourth-order valence-corrected chi connectivity index (χ4v) is 3.07. The van der Waals surface area contributed by atoms with Crippen LogP contribution in [0.25, 0.3) is 5.69 Å². The van der Waals surface area contributed by atoms with Crippen LogP contribution in [0, 0.1) is 24.3 Å². The van der Waals surface area contributed by atoms with Gasteiger partial charge >= 0.3 is 0 Å². The van der Waals surface area contributed by atoms with Gasteiger partial charge in [-0.15, -0.1) is 0 Å². The number of hydrogen-bond acceptors (Lipinski definition) is 2. The molecular formula is C20H20IN3. The standard InChI is InChI=1S/C20H20IN3/c1-14-4-10-20(11-5-14)24-15(2)12-17(16(24)3)13-22-23-19-8-6-18(21)7-9-19/h4-13,23H,1-3H3/b22-13+. The number of aryl methyl sites for hydroxylation is 2. The Morgan fingerprint density at radius 1 is 0.958 bits per heavy atom. The number of hydrazone groups is 1. The van der Waals surface area contributed by atoms with Gasteiger partial charge in [0, 0.05) is 26.2 Å². The second kappa shape index (κ2) is 7.21. The molecule has 0 saturated heterocycles. The Hall–Kier alpha value is -2.08. The fourth-order valence-electron chi connectivity index (χ4n) is 2.71. The predicted octanol–water partition coefficient (Wildman–Crippen LogP) is 5.45. The zero-order valence-corrected chi connectivity index (χ0v) is 16.2. The Morgan fingerprint density at radius 3 is 2.29 bits per heavy atom. The number of benzene rings is 2. The molecular weight excluding hydrogens is 409 g/mol. The van der Waals surface area contributed by atoms with Gasteiger partial charge in [-0.1, -0.05) is 17.7 Å². The molecule has 0 radical (unpaired) electrons. The number of halogens is 1. The Kier molecular flexibility index (Phi) is 5.04. The van der Waals surface area contributed by atoms with Gasteiger partial charge in [0.25, 0.3) is 0 Å². The van der Waals surface area contributed by atoms with Crippen molar-refractivity contribution in [2.75, 3.05) is 5.43 Å². The lowest BCUT2D eigenvalue weighted by Crippen LogP contribution is -1.99. The predicted molar refractivity (Wildman–Crippen MR) is 110 cm³/mol. The van der Waals surface area contributed by atoms with Crippen molar-refractivity contribution in [2.45, 2.75) is 20.8 Å².